The second-order valence-electron chi connectivity index (χ2n) is 4.59. The molecule has 2 aliphatic heterocycles. The predicted molar refractivity (Wildman–Crippen MR) is 66.9 cm³/mol. The van der Waals surface area contributed by atoms with Crippen LogP contribution in [0.2, 0.25) is 0 Å². The molecule has 3 rings (SSSR count). The highest BCUT2D eigenvalue weighted by Crippen LogP contribution is 2.36. The van der Waals surface area contributed by atoms with Crippen molar-refractivity contribution in [2.24, 2.45) is 0 Å². The number of fused-ring (bicyclic) bond motifs is 1. The van der Waals surface area contributed by atoms with E-state index in [-0.39, 0.29) is 0 Å². The summed E-state index contributed by atoms with van der Waals surface area (Å²) in [4.78, 5) is 2.41. The Balaban J connectivity index is 1.72. The molecule has 1 aromatic carbocycles. The van der Waals surface area contributed by atoms with Gasteiger partial charge in [0.2, 0.25) is 6.79 Å². The van der Waals surface area contributed by atoms with Crippen molar-refractivity contribution >= 4 is 5.69 Å². The molecule has 0 atom stereocenters. The standard InChI is InChI=1S/C13H18N2O2/c1-14-10-4-6-15(7-5-10)11-2-3-12-13(8-11)17-9-16-12/h2-3,8,10,14H,4-7,9H2,1H3. The SMILES string of the molecule is CNC1CCN(c2ccc3c(c2)OCO3)CC1. The van der Waals surface area contributed by atoms with Gasteiger partial charge in [0.1, 0.15) is 0 Å². The first kappa shape index (κ1) is 10.7. The van der Waals surface area contributed by atoms with E-state index in [9.17, 15) is 0 Å². The third kappa shape index (κ3) is 2.05. The van der Waals surface area contributed by atoms with Crippen LogP contribution in [0.1, 0.15) is 12.8 Å². The minimum absolute atomic E-state index is 0.348. The van der Waals surface area contributed by atoms with Crippen molar-refractivity contribution in [3.8, 4) is 11.5 Å². The van der Waals surface area contributed by atoms with E-state index >= 15 is 0 Å². The Hall–Kier alpha value is -1.42. The highest BCUT2D eigenvalue weighted by molar-refractivity contribution is 5.57. The minimum atomic E-state index is 0.348. The number of rotatable bonds is 2. The van der Waals surface area contributed by atoms with Crippen molar-refractivity contribution in [3.63, 3.8) is 0 Å². The van der Waals surface area contributed by atoms with Gasteiger partial charge in [0.05, 0.1) is 0 Å². The van der Waals surface area contributed by atoms with Crippen LogP contribution < -0.4 is 19.7 Å². The zero-order valence-corrected chi connectivity index (χ0v) is 10.1. The van der Waals surface area contributed by atoms with E-state index in [1.54, 1.807) is 0 Å². The number of benzene rings is 1. The van der Waals surface area contributed by atoms with Gasteiger partial charge < -0.3 is 19.7 Å². The molecule has 2 heterocycles. The molecule has 17 heavy (non-hydrogen) atoms. The zero-order valence-electron chi connectivity index (χ0n) is 10.1. The molecule has 4 heteroatoms. The van der Waals surface area contributed by atoms with E-state index in [1.165, 1.54) is 18.5 Å². The van der Waals surface area contributed by atoms with Gasteiger partial charge in [-0.3, -0.25) is 0 Å². The fourth-order valence-corrected chi connectivity index (χ4v) is 2.51. The average Bonchev–Trinajstić information content (AvgIpc) is 2.86. The zero-order chi connectivity index (χ0) is 11.7. The third-order valence-electron chi connectivity index (χ3n) is 3.62. The largest absolute Gasteiger partial charge is 0.454 e. The van der Waals surface area contributed by atoms with E-state index in [0.29, 0.717) is 12.8 Å². The molecule has 1 fully saturated rings. The van der Waals surface area contributed by atoms with Gasteiger partial charge in [0.25, 0.3) is 0 Å². The number of hydrogen-bond acceptors (Lipinski definition) is 4. The van der Waals surface area contributed by atoms with Crippen LogP contribution in [0.4, 0.5) is 5.69 Å². The second kappa shape index (κ2) is 4.45. The molecular formula is C13H18N2O2. The summed E-state index contributed by atoms with van der Waals surface area (Å²) in [6.07, 6.45) is 2.40. The first-order valence-corrected chi connectivity index (χ1v) is 6.18. The number of ether oxygens (including phenoxy) is 2. The molecule has 0 radical (unpaired) electrons. The van der Waals surface area contributed by atoms with E-state index in [0.717, 1.165) is 24.6 Å². The molecule has 2 aliphatic rings. The maximum atomic E-state index is 5.41. The van der Waals surface area contributed by atoms with Crippen LogP contribution in [-0.2, 0) is 0 Å². The minimum Gasteiger partial charge on any atom is -0.454 e. The van der Waals surface area contributed by atoms with Crippen molar-refractivity contribution in [1.29, 1.82) is 0 Å². The summed E-state index contributed by atoms with van der Waals surface area (Å²) in [6, 6.07) is 6.87. The summed E-state index contributed by atoms with van der Waals surface area (Å²) >= 11 is 0. The summed E-state index contributed by atoms with van der Waals surface area (Å²) in [5.41, 5.74) is 1.24. The van der Waals surface area contributed by atoms with Crippen molar-refractivity contribution < 1.29 is 9.47 Å². The van der Waals surface area contributed by atoms with Gasteiger partial charge >= 0.3 is 0 Å². The maximum Gasteiger partial charge on any atom is 0.231 e. The van der Waals surface area contributed by atoms with Crippen LogP contribution in [0.25, 0.3) is 0 Å². The monoisotopic (exact) mass is 234 g/mol. The van der Waals surface area contributed by atoms with E-state index in [1.807, 2.05) is 13.1 Å². The molecule has 0 bridgehead atoms. The van der Waals surface area contributed by atoms with Crippen LogP contribution in [0.5, 0.6) is 11.5 Å². The molecule has 0 spiro atoms. The first-order valence-electron chi connectivity index (χ1n) is 6.18. The van der Waals surface area contributed by atoms with Crippen molar-refractivity contribution in [2.75, 3.05) is 31.8 Å². The smallest absolute Gasteiger partial charge is 0.231 e. The molecular weight excluding hydrogens is 216 g/mol. The number of nitrogens with one attached hydrogen (secondary N) is 1. The highest BCUT2D eigenvalue weighted by Gasteiger charge is 2.20. The lowest BCUT2D eigenvalue weighted by molar-refractivity contribution is 0.174. The van der Waals surface area contributed by atoms with Crippen molar-refractivity contribution in [2.45, 2.75) is 18.9 Å². The van der Waals surface area contributed by atoms with Gasteiger partial charge in [0.15, 0.2) is 11.5 Å². The van der Waals surface area contributed by atoms with E-state index < -0.39 is 0 Å². The molecule has 0 saturated carbocycles. The summed E-state index contributed by atoms with van der Waals surface area (Å²) in [5.74, 6) is 1.73. The molecule has 0 aliphatic carbocycles. The first-order chi connectivity index (χ1) is 8.36. The summed E-state index contributed by atoms with van der Waals surface area (Å²) in [5, 5.41) is 3.35. The lowest BCUT2D eigenvalue weighted by Gasteiger charge is -2.33. The van der Waals surface area contributed by atoms with Gasteiger partial charge in [-0.15, -0.1) is 0 Å². The van der Waals surface area contributed by atoms with Crippen LogP contribution in [0.3, 0.4) is 0 Å². The van der Waals surface area contributed by atoms with Crippen molar-refractivity contribution in [3.05, 3.63) is 18.2 Å². The maximum absolute atomic E-state index is 5.41. The van der Waals surface area contributed by atoms with E-state index in [4.69, 9.17) is 9.47 Å². The topological polar surface area (TPSA) is 33.7 Å². The normalized spacial score (nSPS) is 19.7. The molecule has 0 aromatic heterocycles. The summed E-state index contributed by atoms with van der Waals surface area (Å²) in [7, 11) is 2.04. The van der Waals surface area contributed by atoms with Gasteiger partial charge in [-0.2, -0.15) is 0 Å². The van der Waals surface area contributed by atoms with Crippen LogP contribution >= 0.6 is 0 Å². The second-order valence-corrected chi connectivity index (χ2v) is 4.59. The number of piperidine rings is 1. The Morgan fingerprint density at radius 2 is 1.94 bits per heavy atom. The summed E-state index contributed by atoms with van der Waals surface area (Å²) in [6.45, 7) is 2.55. The third-order valence-corrected chi connectivity index (χ3v) is 3.62. The molecule has 92 valence electrons. The lowest BCUT2D eigenvalue weighted by Crippen LogP contribution is -2.41. The predicted octanol–water partition coefficient (Wildman–Crippen LogP) is 1.60. The molecule has 1 saturated heterocycles. The quantitative estimate of drug-likeness (QED) is 0.843. The van der Waals surface area contributed by atoms with Crippen LogP contribution in [0, 0.1) is 0 Å². The van der Waals surface area contributed by atoms with Gasteiger partial charge in [0, 0.05) is 30.9 Å². The molecule has 0 unspecified atom stereocenters. The fourth-order valence-electron chi connectivity index (χ4n) is 2.51. The molecule has 4 nitrogen and oxygen atoms in total. The summed E-state index contributed by atoms with van der Waals surface area (Å²) < 4.78 is 10.7. The fraction of sp³-hybridized carbons (Fsp3) is 0.538. The lowest BCUT2D eigenvalue weighted by atomic mass is 10.0. The van der Waals surface area contributed by atoms with E-state index in [2.05, 4.69) is 22.3 Å². The Bertz CT molecular complexity index is 400. The van der Waals surface area contributed by atoms with Gasteiger partial charge in [-0.05, 0) is 32.0 Å². The molecule has 1 N–H and O–H groups in total. The number of nitrogens with zero attached hydrogens (tertiary/aromatic N) is 1. The highest BCUT2D eigenvalue weighted by atomic mass is 16.7. The molecule has 0 amide bonds. The van der Waals surface area contributed by atoms with Crippen LogP contribution in [0.15, 0.2) is 18.2 Å². The number of hydrogen-bond donors (Lipinski definition) is 1. The van der Waals surface area contributed by atoms with Crippen LogP contribution in [-0.4, -0.2) is 33.0 Å². The van der Waals surface area contributed by atoms with Gasteiger partial charge in [-0.1, -0.05) is 0 Å². The van der Waals surface area contributed by atoms with Crippen molar-refractivity contribution in [1.82, 2.24) is 5.32 Å². The Morgan fingerprint density at radius 3 is 2.71 bits per heavy atom. The molecule has 1 aromatic rings. The number of anilines is 1. The Labute approximate surface area is 102 Å². The van der Waals surface area contributed by atoms with Gasteiger partial charge in [-0.25, -0.2) is 0 Å². The Kier molecular flexibility index (Phi) is 2.81. The average molecular weight is 234 g/mol. The Morgan fingerprint density at radius 1 is 1.18 bits per heavy atom.